The quantitative estimate of drug-likeness (QED) is 0.424. The lowest BCUT2D eigenvalue weighted by Crippen LogP contribution is -2.51. The highest BCUT2D eigenvalue weighted by atomic mass is 16.5. The highest BCUT2D eigenvalue weighted by molar-refractivity contribution is 6.00. The van der Waals surface area contributed by atoms with Gasteiger partial charge in [0.2, 0.25) is 17.7 Å². The summed E-state index contributed by atoms with van der Waals surface area (Å²) in [5, 5.41) is 12.1. The van der Waals surface area contributed by atoms with Crippen molar-refractivity contribution in [3.63, 3.8) is 0 Å². The number of hydrogen-bond acceptors (Lipinski definition) is 4. The van der Waals surface area contributed by atoms with Crippen molar-refractivity contribution >= 4 is 23.4 Å². The van der Waals surface area contributed by atoms with E-state index >= 15 is 0 Å². The fraction of sp³-hybridized carbons (Fsp3) is 0.609. The Kier molecular flexibility index (Phi) is 9.30. The second-order valence-corrected chi connectivity index (χ2v) is 8.49. The van der Waals surface area contributed by atoms with Gasteiger partial charge in [-0.05, 0) is 50.2 Å². The van der Waals surface area contributed by atoms with Gasteiger partial charge in [-0.1, -0.05) is 45.4 Å². The lowest BCUT2D eigenvalue weighted by molar-refractivity contribution is -0.141. The molecule has 1 fully saturated rings. The number of carbonyl (C=O) groups is 3. The van der Waals surface area contributed by atoms with E-state index in [4.69, 9.17) is 5.21 Å². The summed E-state index contributed by atoms with van der Waals surface area (Å²) in [6.07, 6.45) is 3.99. The Hall–Kier alpha value is -2.41. The molecule has 1 aliphatic heterocycles. The van der Waals surface area contributed by atoms with E-state index < -0.39 is 23.8 Å². The summed E-state index contributed by atoms with van der Waals surface area (Å²) in [6.45, 7) is 6.55. The largest absolute Gasteiger partial charge is 0.344 e. The monoisotopic (exact) mass is 417 g/mol. The summed E-state index contributed by atoms with van der Waals surface area (Å²) in [5.41, 5.74) is 2.54. The van der Waals surface area contributed by atoms with Gasteiger partial charge in [-0.2, -0.15) is 0 Å². The van der Waals surface area contributed by atoms with E-state index in [1.807, 2.05) is 51.1 Å². The first-order valence-corrected chi connectivity index (χ1v) is 11.0. The number of amides is 3. The van der Waals surface area contributed by atoms with Crippen molar-refractivity contribution in [3.8, 4) is 0 Å². The fourth-order valence-corrected chi connectivity index (χ4v) is 4.19. The van der Waals surface area contributed by atoms with Crippen LogP contribution >= 0.6 is 0 Å². The lowest BCUT2D eigenvalue weighted by atomic mass is 9.81. The first-order chi connectivity index (χ1) is 14.4. The second-order valence-electron chi connectivity index (χ2n) is 8.49. The molecule has 0 radical (unpaired) electrons. The van der Waals surface area contributed by atoms with Crippen LogP contribution < -0.4 is 15.7 Å². The van der Waals surface area contributed by atoms with Crippen LogP contribution in [0.15, 0.2) is 30.3 Å². The van der Waals surface area contributed by atoms with Crippen molar-refractivity contribution in [2.75, 3.05) is 11.4 Å². The summed E-state index contributed by atoms with van der Waals surface area (Å²) >= 11 is 0. The van der Waals surface area contributed by atoms with Gasteiger partial charge >= 0.3 is 0 Å². The highest BCUT2D eigenvalue weighted by Gasteiger charge is 2.36. The van der Waals surface area contributed by atoms with Crippen molar-refractivity contribution in [1.82, 2.24) is 10.8 Å². The number of benzene rings is 1. The molecule has 0 bridgehead atoms. The number of hydroxylamine groups is 1. The number of nitrogens with one attached hydrogen (secondary N) is 2. The standard InChI is InChI=1S/C23H35N3O4/c1-4-10-18(22(28)25-30)19(15-16(2)3)21(27)24-20-13-8-9-14-26(23(20)29)17-11-6-5-7-12-17/h5-7,11-12,16,18-20,30H,4,8-10,13-15H2,1-3H3,(H,24,27)(H,25,28)/t18-,19?,20-/m0/s1. The predicted octanol–water partition coefficient (Wildman–Crippen LogP) is 3.27. The zero-order valence-corrected chi connectivity index (χ0v) is 18.3. The Morgan fingerprint density at radius 3 is 2.43 bits per heavy atom. The number of carbonyl (C=O) groups excluding carboxylic acids is 3. The van der Waals surface area contributed by atoms with E-state index in [-0.39, 0.29) is 17.7 Å². The maximum atomic E-state index is 13.2. The zero-order valence-electron chi connectivity index (χ0n) is 18.3. The third-order valence-electron chi connectivity index (χ3n) is 5.67. The molecule has 3 amide bonds. The van der Waals surface area contributed by atoms with Gasteiger partial charge in [0.25, 0.3) is 0 Å². The molecule has 2 rings (SSSR count). The molecule has 1 aromatic carbocycles. The Bertz CT molecular complexity index is 708. The normalized spacial score (nSPS) is 19.2. The zero-order chi connectivity index (χ0) is 22.1. The molecule has 1 aromatic rings. The molecule has 0 aliphatic carbocycles. The Morgan fingerprint density at radius 1 is 1.13 bits per heavy atom. The molecule has 3 N–H and O–H groups in total. The van der Waals surface area contributed by atoms with Crippen molar-refractivity contribution in [2.45, 2.75) is 65.3 Å². The van der Waals surface area contributed by atoms with Gasteiger partial charge in [0.05, 0.1) is 5.92 Å². The predicted molar refractivity (Wildman–Crippen MR) is 116 cm³/mol. The fourth-order valence-electron chi connectivity index (χ4n) is 4.19. The van der Waals surface area contributed by atoms with Crippen LogP contribution in [-0.4, -0.2) is 35.5 Å². The molecule has 1 heterocycles. The topological polar surface area (TPSA) is 98.7 Å². The van der Waals surface area contributed by atoms with Crippen LogP contribution in [0.1, 0.15) is 59.3 Å². The maximum Gasteiger partial charge on any atom is 0.249 e. The van der Waals surface area contributed by atoms with E-state index in [0.717, 1.165) is 18.5 Å². The molecule has 0 saturated carbocycles. The molecule has 0 spiro atoms. The summed E-state index contributed by atoms with van der Waals surface area (Å²) < 4.78 is 0. The van der Waals surface area contributed by atoms with Crippen LogP contribution in [0.4, 0.5) is 5.69 Å². The molecule has 7 heteroatoms. The SMILES string of the molecule is CCC[C@H](C(=O)NO)C(CC(C)C)C(=O)N[C@H]1CCCCN(c2ccccc2)C1=O. The molecular formula is C23H35N3O4. The summed E-state index contributed by atoms with van der Waals surface area (Å²) in [6, 6.07) is 8.86. The summed E-state index contributed by atoms with van der Waals surface area (Å²) in [5.74, 6) is -1.99. The molecule has 1 aliphatic rings. The first-order valence-electron chi connectivity index (χ1n) is 11.0. The van der Waals surface area contributed by atoms with Crippen LogP contribution in [0.5, 0.6) is 0 Å². The van der Waals surface area contributed by atoms with Crippen LogP contribution in [0, 0.1) is 17.8 Å². The van der Waals surface area contributed by atoms with Crippen LogP contribution in [-0.2, 0) is 14.4 Å². The van der Waals surface area contributed by atoms with E-state index in [2.05, 4.69) is 5.32 Å². The molecule has 1 unspecified atom stereocenters. The molecule has 166 valence electrons. The number of para-hydroxylation sites is 1. The number of rotatable bonds is 9. The van der Waals surface area contributed by atoms with Crippen LogP contribution in [0.25, 0.3) is 0 Å². The van der Waals surface area contributed by atoms with Crippen molar-refractivity contribution < 1.29 is 19.6 Å². The van der Waals surface area contributed by atoms with Crippen molar-refractivity contribution in [1.29, 1.82) is 0 Å². The van der Waals surface area contributed by atoms with Crippen LogP contribution in [0.3, 0.4) is 0 Å². The Labute approximate surface area is 179 Å². The van der Waals surface area contributed by atoms with E-state index in [9.17, 15) is 14.4 Å². The maximum absolute atomic E-state index is 13.2. The minimum absolute atomic E-state index is 0.117. The second kappa shape index (κ2) is 11.7. The van der Waals surface area contributed by atoms with Crippen molar-refractivity contribution in [2.24, 2.45) is 17.8 Å². The molecule has 1 saturated heterocycles. The number of hydrogen-bond donors (Lipinski definition) is 3. The molecule has 30 heavy (non-hydrogen) atoms. The molecule has 7 nitrogen and oxygen atoms in total. The third kappa shape index (κ3) is 6.29. The van der Waals surface area contributed by atoms with E-state index in [1.165, 1.54) is 0 Å². The van der Waals surface area contributed by atoms with Crippen molar-refractivity contribution in [3.05, 3.63) is 30.3 Å². The van der Waals surface area contributed by atoms with Gasteiger partial charge in [0.15, 0.2) is 0 Å². The average Bonchev–Trinajstić information content (AvgIpc) is 2.92. The average molecular weight is 418 g/mol. The van der Waals surface area contributed by atoms with Gasteiger partial charge in [-0.3, -0.25) is 19.6 Å². The van der Waals surface area contributed by atoms with Gasteiger partial charge in [-0.15, -0.1) is 0 Å². The van der Waals surface area contributed by atoms with Crippen LogP contribution in [0.2, 0.25) is 0 Å². The molecule has 0 aromatic heterocycles. The number of nitrogens with zero attached hydrogens (tertiary/aromatic N) is 1. The van der Waals surface area contributed by atoms with Gasteiger partial charge in [-0.25, -0.2) is 5.48 Å². The minimum Gasteiger partial charge on any atom is -0.344 e. The van der Waals surface area contributed by atoms with Gasteiger partial charge in [0, 0.05) is 18.2 Å². The minimum atomic E-state index is -0.631. The van der Waals surface area contributed by atoms with E-state index in [0.29, 0.717) is 32.2 Å². The lowest BCUT2D eigenvalue weighted by Gasteiger charge is -2.29. The van der Waals surface area contributed by atoms with Gasteiger partial charge in [0.1, 0.15) is 6.04 Å². The number of anilines is 1. The Morgan fingerprint density at radius 2 is 1.83 bits per heavy atom. The summed E-state index contributed by atoms with van der Waals surface area (Å²) in [7, 11) is 0. The summed E-state index contributed by atoms with van der Waals surface area (Å²) in [4.78, 5) is 40.4. The first kappa shape index (κ1) is 23.9. The third-order valence-corrected chi connectivity index (χ3v) is 5.67. The van der Waals surface area contributed by atoms with E-state index in [1.54, 1.807) is 10.4 Å². The smallest absolute Gasteiger partial charge is 0.249 e. The highest BCUT2D eigenvalue weighted by Crippen LogP contribution is 2.27. The van der Waals surface area contributed by atoms with Gasteiger partial charge < -0.3 is 10.2 Å². The molecule has 3 atom stereocenters. The molecular weight excluding hydrogens is 382 g/mol. The Balaban J connectivity index is 2.21.